The summed E-state index contributed by atoms with van der Waals surface area (Å²) in [6, 6.07) is 15.5. The lowest BCUT2D eigenvalue weighted by molar-refractivity contribution is -0.275. The van der Waals surface area contributed by atoms with Crippen molar-refractivity contribution in [2.75, 3.05) is 32.0 Å². The van der Waals surface area contributed by atoms with E-state index in [0.717, 1.165) is 54.7 Å². The van der Waals surface area contributed by atoms with Crippen LogP contribution in [0.25, 0.3) is 0 Å². The average molecular weight is 538 g/mol. The van der Waals surface area contributed by atoms with Gasteiger partial charge in [0.2, 0.25) is 11.8 Å². The summed E-state index contributed by atoms with van der Waals surface area (Å²) in [5.74, 6) is 0.0424. The number of anilines is 1. The lowest BCUT2D eigenvalue weighted by Gasteiger charge is -2.42. The zero-order valence-corrected chi connectivity index (χ0v) is 23.4. The molecule has 3 N–H and O–H groups in total. The maximum absolute atomic E-state index is 12.4. The predicted molar refractivity (Wildman–Crippen MR) is 153 cm³/mol. The van der Waals surface area contributed by atoms with Gasteiger partial charge in [-0.15, -0.1) is 6.58 Å². The highest BCUT2D eigenvalue weighted by Gasteiger charge is 2.38. The number of aliphatic hydroxyl groups excluding tert-OH is 1. The molecule has 8 heteroatoms. The first-order chi connectivity index (χ1) is 18.8. The monoisotopic (exact) mass is 537 g/mol. The summed E-state index contributed by atoms with van der Waals surface area (Å²) < 4.78 is 13.0. The molecule has 0 saturated carbocycles. The van der Waals surface area contributed by atoms with Gasteiger partial charge in [-0.2, -0.15) is 0 Å². The molecule has 2 amide bonds. The summed E-state index contributed by atoms with van der Waals surface area (Å²) in [6.45, 7) is 9.63. The molecule has 2 aromatic carbocycles. The molecule has 0 radical (unpaired) electrons. The van der Waals surface area contributed by atoms with E-state index < -0.39 is 6.29 Å². The molecule has 3 rings (SSSR count). The standard InChI is InChI=1S/C31H43N3O5/c1-5-19-34(4)20-28-22(2)30(25-12-10-24(21-35)11-13-25)39-31(38-28)26-14-16-27(17-15-26)33-29(37)9-7-6-8-18-32-23(3)36/h5,10-17,22,28,30-31,35H,1,6-9,18-21H2,2-4H3,(H,32,36)(H,33,37)/t22-,28+,30+,31+/m1/s1. The Morgan fingerprint density at radius 1 is 1.03 bits per heavy atom. The van der Waals surface area contributed by atoms with Crippen LogP contribution in [0.5, 0.6) is 0 Å². The van der Waals surface area contributed by atoms with E-state index in [4.69, 9.17) is 9.47 Å². The van der Waals surface area contributed by atoms with Crippen LogP contribution in [-0.4, -0.2) is 54.6 Å². The van der Waals surface area contributed by atoms with Crippen molar-refractivity contribution >= 4 is 17.5 Å². The Balaban J connectivity index is 1.63. The SMILES string of the molecule is C=CCN(C)C[C@@H]1O[C@H](c2ccc(NC(=O)CCCCCNC(C)=O)cc2)O[C@H](c2ccc(CO)cc2)[C@@H]1C. The molecule has 1 heterocycles. The molecule has 0 aliphatic carbocycles. The molecule has 1 aliphatic heterocycles. The first-order valence-corrected chi connectivity index (χ1v) is 13.7. The number of unbranched alkanes of at least 4 members (excludes halogenated alkanes) is 2. The summed E-state index contributed by atoms with van der Waals surface area (Å²) in [6.07, 6.45) is 4.03. The van der Waals surface area contributed by atoms with Crippen LogP contribution in [0, 0.1) is 5.92 Å². The molecule has 39 heavy (non-hydrogen) atoms. The Morgan fingerprint density at radius 3 is 2.36 bits per heavy atom. The lowest BCUT2D eigenvalue weighted by Crippen LogP contribution is -2.43. The fraction of sp³-hybridized carbons (Fsp3) is 0.484. The molecular formula is C31H43N3O5. The number of carbonyl (C=O) groups is 2. The van der Waals surface area contributed by atoms with Crippen molar-refractivity contribution in [1.29, 1.82) is 0 Å². The van der Waals surface area contributed by atoms with Gasteiger partial charge < -0.3 is 30.1 Å². The summed E-state index contributed by atoms with van der Waals surface area (Å²) in [7, 11) is 2.05. The van der Waals surface area contributed by atoms with Crippen molar-refractivity contribution in [3.63, 3.8) is 0 Å². The predicted octanol–water partition coefficient (Wildman–Crippen LogP) is 4.72. The summed E-state index contributed by atoms with van der Waals surface area (Å²) in [4.78, 5) is 25.5. The van der Waals surface area contributed by atoms with Crippen LogP contribution in [0.15, 0.2) is 61.2 Å². The van der Waals surface area contributed by atoms with Gasteiger partial charge in [-0.3, -0.25) is 9.59 Å². The van der Waals surface area contributed by atoms with E-state index in [2.05, 4.69) is 29.0 Å². The molecule has 4 atom stereocenters. The third kappa shape index (κ3) is 9.58. The second-order valence-corrected chi connectivity index (χ2v) is 10.3. The van der Waals surface area contributed by atoms with Crippen molar-refractivity contribution < 1.29 is 24.2 Å². The smallest absolute Gasteiger partial charge is 0.224 e. The number of nitrogens with one attached hydrogen (secondary N) is 2. The first-order valence-electron chi connectivity index (χ1n) is 13.7. The Morgan fingerprint density at radius 2 is 1.72 bits per heavy atom. The van der Waals surface area contributed by atoms with E-state index in [-0.39, 0.29) is 36.5 Å². The molecule has 1 fully saturated rings. The summed E-state index contributed by atoms with van der Waals surface area (Å²) in [5.41, 5.74) is 3.51. The highest BCUT2D eigenvalue weighted by Crippen LogP contribution is 2.41. The second kappa shape index (κ2) is 15.5. The van der Waals surface area contributed by atoms with Crippen LogP contribution in [0.1, 0.15) is 68.6 Å². The zero-order chi connectivity index (χ0) is 28.2. The number of ether oxygens (including phenoxy) is 2. The zero-order valence-electron chi connectivity index (χ0n) is 23.4. The lowest BCUT2D eigenvalue weighted by atomic mass is 9.90. The van der Waals surface area contributed by atoms with Crippen molar-refractivity contribution in [2.24, 2.45) is 5.92 Å². The van der Waals surface area contributed by atoms with E-state index in [9.17, 15) is 14.7 Å². The highest BCUT2D eigenvalue weighted by molar-refractivity contribution is 5.90. The van der Waals surface area contributed by atoms with Gasteiger partial charge in [-0.1, -0.05) is 55.8 Å². The van der Waals surface area contributed by atoms with E-state index in [1.807, 2.05) is 61.7 Å². The fourth-order valence-electron chi connectivity index (χ4n) is 4.73. The van der Waals surface area contributed by atoms with Gasteiger partial charge in [0.15, 0.2) is 6.29 Å². The Bertz CT molecular complexity index is 1060. The molecule has 8 nitrogen and oxygen atoms in total. The van der Waals surface area contributed by atoms with Crippen LogP contribution in [0.2, 0.25) is 0 Å². The molecule has 1 saturated heterocycles. The van der Waals surface area contributed by atoms with Crippen molar-refractivity contribution in [3.05, 3.63) is 77.9 Å². The van der Waals surface area contributed by atoms with Crippen molar-refractivity contribution in [3.8, 4) is 0 Å². The maximum atomic E-state index is 12.4. The summed E-state index contributed by atoms with van der Waals surface area (Å²) in [5, 5.41) is 15.2. The van der Waals surface area contributed by atoms with Crippen LogP contribution in [0.3, 0.4) is 0 Å². The van der Waals surface area contributed by atoms with Crippen LogP contribution in [0.4, 0.5) is 5.69 Å². The minimum Gasteiger partial charge on any atom is -0.392 e. The Kier molecular flexibility index (Phi) is 12.1. The summed E-state index contributed by atoms with van der Waals surface area (Å²) >= 11 is 0. The number of carbonyl (C=O) groups excluding carboxylic acids is 2. The molecular weight excluding hydrogens is 494 g/mol. The van der Waals surface area contributed by atoms with Gasteiger partial charge in [0.25, 0.3) is 0 Å². The molecule has 2 aromatic rings. The second-order valence-electron chi connectivity index (χ2n) is 10.3. The fourth-order valence-corrected chi connectivity index (χ4v) is 4.73. The molecule has 0 bridgehead atoms. The third-order valence-corrected chi connectivity index (χ3v) is 6.98. The van der Waals surface area contributed by atoms with Crippen molar-refractivity contribution in [2.45, 2.75) is 64.6 Å². The van der Waals surface area contributed by atoms with Gasteiger partial charge in [-0.05, 0) is 43.1 Å². The number of rotatable bonds is 14. The topological polar surface area (TPSA) is 100 Å². The molecule has 0 spiro atoms. The number of benzene rings is 2. The van der Waals surface area contributed by atoms with Gasteiger partial charge >= 0.3 is 0 Å². The van der Waals surface area contributed by atoms with Gasteiger partial charge in [-0.25, -0.2) is 0 Å². The minimum absolute atomic E-state index is 0.00353. The Hall–Kier alpha value is -3.04. The number of hydrogen-bond acceptors (Lipinski definition) is 6. The van der Waals surface area contributed by atoms with Crippen LogP contribution < -0.4 is 10.6 Å². The van der Waals surface area contributed by atoms with E-state index in [1.165, 1.54) is 6.92 Å². The number of aliphatic hydroxyl groups is 1. The van der Waals surface area contributed by atoms with Gasteiger partial charge in [0.1, 0.15) is 0 Å². The first kappa shape index (κ1) is 30.5. The number of hydrogen-bond donors (Lipinski definition) is 3. The van der Waals surface area contributed by atoms with Gasteiger partial charge in [0.05, 0.1) is 18.8 Å². The average Bonchev–Trinajstić information content (AvgIpc) is 2.92. The molecule has 1 aliphatic rings. The quantitative estimate of drug-likeness (QED) is 0.238. The number of nitrogens with zero attached hydrogens (tertiary/aromatic N) is 1. The minimum atomic E-state index is -0.556. The van der Waals surface area contributed by atoms with E-state index >= 15 is 0 Å². The third-order valence-electron chi connectivity index (χ3n) is 6.98. The number of likely N-dealkylation sites (N-methyl/N-ethyl adjacent to an activating group) is 1. The largest absolute Gasteiger partial charge is 0.392 e. The van der Waals surface area contributed by atoms with Gasteiger partial charge in [0, 0.05) is 50.1 Å². The molecule has 0 aromatic heterocycles. The molecule has 212 valence electrons. The number of amides is 2. The maximum Gasteiger partial charge on any atom is 0.224 e. The van der Waals surface area contributed by atoms with E-state index in [1.54, 1.807) is 0 Å². The Labute approximate surface area is 232 Å². The van der Waals surface area contributed by atoms with Crippen LogP contribution in [-0.2, 0) is 25.7 Å². The van der Waals surface area contributed by atoms with E-state index in [0.29, 0.717) is 13.0 Å². The van der Waals surface area contributed by atoms with Crippen LogP contribution >= 0.6 is 0 Å². The highest BCUT2D eigenvalue weighted by atomic mass is 16.7. The molecule has 0 unspecified atom stereocenters. The normalized spacial score (nSPS) is 20.9. The van der Waals surface area contributed by atoms with Crippen molar-refractivity contribution in [1.82, 2.24) is 10.2 Å².